The monoisotopic (exact) mass is 388 g/mol. The molecule has 1 aliphatic carbocycles. The Hall–Kier alpha value is -1.85. The summed E-state index contributed by atoms with van der Waals surface area (Å²) >= 11 is 0. The van der Waals surface area contributed by atoms with Crippen LogP contribution in [0.15, 0.2) is 54.6 Å². The van der Waals surface area contributed by atoms with Crippen LogP contribution in [0.25, 0.3) is 0 Å². The lowest BCUT2D eigenvalue weighted by Gasteiger charge is -2.32. The highest BCUT2D eigenvalue weighted by Crippen LogP contribution is 2.40. The maximum atomic E-state index is 13.2. The standard InChI is InChI=1S/C23H27F3N2/c24-23(25,26)21-9-5-4-8-19(21)16-28-12-10-17(11-13-28)15-27-22-14-20(22)18-6-2-1-3-7-18/h1-9,17,20,22,27H,10-16H2/t20-,22+/m0/s1. The van der Waals surface area contributed by atoms with E-state index in [4.69, 9.17) is 0 Å². The first-order valence-electron chi connectivity index (χ1n) is 10.2. The first kappa shape index (κ1) is 19.5. The lowest BCUT2D eigenvalue weighted by molar-refractivity contribution is -0.138. The second kappa shape index (κ2) is 8.26. The summed E-state index contributed by atoms with van der Waals surface area (Å²) < 4.78 is 39.5. The molecule has 4 rings (SSSR count). The molecule has 0 spiro atoms. The molecule has 2 aromatic carbocycles. The Morgan fingerprint density at radius 2 is 1.61 bits per heavy atom. The molecule has 0 unspecified atom stereocenters. The van der Waals surface area contributed by atoms with E-state index >= 15 is 0 Å². The van der Waals surface area contributed by atoms with E-state index in [1.165, 1.54) is 24.1 Å². The van der Waals surface area contributed by atoms with Crippen molar-refractivity contribution in [3.8, 4) is 0 Å². The number of hydrogen-bond acceptors (Lipinski definition) is 2. The van der Waals surface area contributed by atoms with Crippen LogP contribution in [-0.4, -0.2) is 30.6 Å². The molecule has 2 aliphatic rings. The average molecular weight is 388 g/mol. The fraction of sp³-hybridized carbons (Fsp3) is 0.478. The van der Waals surface area contributed by atoms with E-state index in [0.717, 1.165) is 32.5 Å². The molecular weight excluding hydrogens is 361 g/mol. The number of nitrogens with one attached hydrogen (secondary N) is 1. The van der Waals surface area contributed by atoms with Gasteiger partial charge in [0.15, 0.2) is 0 Å². The van der Waals surface area contributed by atoms with Gasteiger partial charge in [0.1, 0.15) is 0 Å². The van der Waals surface area contributed by atoms with Crippen molar-refractivity contribution in [3.05, 3.63) is 71.3 Å². The zero-order chi connectivity index (χ0) is 19.6. The summed E-state index contributed by atoms with van der Waals surface area (Å²) in [7, 11) is 0. The molecular formula is C23H27F3N2. The second-order valence-electron chi connectivity index (χ2n) is 8.14. The molecule has 1 heterocycles. The van der Waals surface area contributed by atoms with Gasteiger partial charge >= 0.3 is 6.18 Å². The van der Waals surface area contributed by atoms with Gasteiger partial charge < -0.3 is 5.32 Å². The predicted molar refractivity (Wildman–Crippen MR) is 105 cm³/mol. The molecule has 5 heteroatoms. The van der Waals surface area contributed by atoms with Crippen molar-refractivity contribution in [2.45, 2.75) is 43.9 Å². The maximum Gasteiger partial charge on any atom is 0.416 e. The molecule has 2 nitrogen and oxygen atoms in total. The largest absolute Gasteiger partial charge is 0.416 e. The van der Waals surface area contributed by atoms with Crippen LogP contribution >= 0.6 is 0 Å². The predicted octanol–water partition coefficient (Wildman–Crippen LogP) is 5.06. The minimum atomic E-state index is -4.28. The van der Waals surface area contributed by atoms with Gasteiger partial charge in [-0.25, -0.2) is 0 Å². The van der Waals surface area contributed by atoms with Gasteiger partial charge in [0.05, 0.1) is 5.56 Å². The Morgan fingerprint density at radius 3 is 2.32 bits per heavy atom. The molecule has 150 valence electrons. The van der Waals surface area contributed by atoms with Gasteiger partial charge in [-0.05, 0) is 62.0 Å². The normalized spacial score (nSPS) is 23.7. The molecule has 28 heavy (non-hydrogen) atoms. The van der Waals surface area contributed by atoms with Crippen LogP contribution in [0.1, 0.15) is 41.9 Å². The Balaban J connectivity index is 1.22. The Labute approximate surface area is 164 Å². The molecule has 0 amide bonds. The van der Waals surface area contributed by atoms with Crippen LogP contribution in [0.5, 0.6) is 0 Å². The summed E-state index contributed by atoms with van der Waals surface area (Å²) in [6.07, 6.45) is -0.983. The van der Waals surface area contributed by atoms with E-state index in [9.17, 15) is 13.2 Å². The highest BCUT2D eigenvalue weighted by Gasteiger charge is 2.38. The lowest BCUT2D eigenvalue weighted by atomic mass is 9.96. The summed E-state index contributed by atoms with van der Waals surface area (Å²) in [5.74, 6) is 1.26. The third-order valence-electron chi connectivity index (χ3n) is 6.11. The average Bonchev–Trinajstić information content (AvgIpc) is 3.48. The van der Waals surface area contributed by atoms with Crippen molar-refractivity contribution in [1.82, 2.24) is 10.2 Å². The van der Waals surface area contributed by atoms with Crippen molar-refractivity contribution in [3.63, 3.8) is 0 Å². The van der Waals surface area contributed by atoms with Gasteiger partial charge in [-0.1, -0.05) is 48.5 Å². The van der Waals surface area contributed by atoms with E-state index in [1.54, 1.807) is 12.1 Å². The van der Waals surface area contributed by atoms with Crippen LogP contribution in [0.4, 0.5) is 13.2 Å². The van der Waals surface area contributed by atoms with E-state index in [2.05, 4.69) is 40.5 Å². The number of likely N-dealkylation sites (tertiary alicyclic amines) is 1. The fourth-order valence-electron chi connectivity index (χ4n) is 4.33. The van der Waals surface area contributed by atoms with Crippen LogP contribution in [0.2, 0.25) is 0 Å². The summed E-state index contributed by atoms with van der Waals surface area (Å²) in [6, 6.07) is 17.2. The van der Waals surface area contributed by atoms with Crippen LogP contribution < -0.4 is 5.32 Å². The fourth-order valence-corrected chi connectivity index (χ4v) is 4.33. The van der Waals surface area contributed by atoms with Gasteiger partial charge in [-0.2, -0.15) is 13.2 Å². The van der Waals surface area contributed by atoms with Crippen LogP contribution in [-0.2, 0) is 12.7 Å². The second-order valence-corrected chi connectivity index (χ2v) is 8.14. The summed E-state index contributed by atoms with van der Waals surface area (Å²) in [4.78, 5) is 2.16. The molecule has 1 N–H and O–H groups in total. The summed E-state index contributed by atoms with van der Waals surface area (Å²) in [5.41, 5.74) is 1.30. The number of benzene rings is 2. The number of piperidine rings is 1. The quantitative estimate of drug-likeness (QED) is 0.744. The van der Waals surface area contributed by atoms with Gasteiger partial charge in [-0.15, -0.1) is 0 Å². The molecule has 1 saturated carbocycles. The smallest absolute Gasteiger partial charge is 0.313 e. The van der Waals surface area contributed by atoms with Crippen molar-refractivity contribution in [2.75, 3.05) is 19.6 Å². The minimum Gasteiger partial charge on any atom is -0.313 e. The first-order valence-corrected chi connectivity index (χ1v) is 10.2. The Kier molecular flexibility index (Phi) is 5.74. The van der Waals surface area contributed by atoms with E-state index in [1.807, 2.05) is 0 Å². The van der Waals surface area contributed by atoms with Gasteiger partial charge in [0, 0.05) is 18.5 Å². The zero-order valence-electron chi connectivity index (χ0n) is 16.0. The highest BCUT2D eigenvalue weighted by atomic mass is 19.4. The highest BCUT2D eigenvalue weighted by molar-refractivity contribution is 5.30. The van der Waals surface area contributed by atoms with Crippen LogP contribution in [0, 0.1) is 5.92 Å². The van der Waals surface area contributed by atoms with E-state index in [0.29, 0.717) is 30.0 Å². The maximum absolute atomic E-state index is 13.2. The lowest BCUT2D eigenvalue weighted by Crippen LogP contribution is -2.37. The van der Waals surface area contributed by atoms with Crippen molar-refractivity contribution in [1.29, 1.82) is 0 Å². The molecule has 1 aliphatic heterocycles. The third kappa shape index (κ3) is 4.76. The Bertz CT molecular complexity index is 767. The summed E-state index contributed by atoms with van der Waals surface area (Å²) in [5, 5.41) is 3.70. The summed E-state index contributed by atoms with van der Waals surface area (Å²) in [6.45, 7) is 3.13. The molecule has 2 atom stereocenters. The van der Waals surface area contributed by atoms with Gasteiger partial charge in [0.2, 0.25) is 0 Å². The molecule has 1 saturated heterocycles. The number of alkyl halides is 3. The molecule has 2 aromatic rings. The molecule has 0 bridgehead atoms. The SMILES string of the molecule is FC(F)(F)c1ccccc1CN1CCC(CN[C@@H]2C[C@H]2c2ccccc2)CC1. The molecule has 0 aromatic heterocycles. The number of hydrogen-bond donors (Lipinski definition) is 1. The number of rotatable bonds is 6. The molecule has 0 radical (unpaired) electrons. The minimum absolute atomic E-state index is 0.383. The zero-order valence-corrected chi connectivity index (χ0v) is 16.0. The van der Waals surface area contributed by atoms with Gasteiger partial charge in [-0.3, -0.25) is 4.90 Å². The van der Waals surface area contributed by atoms with Crippen molar-refractivity contribution < 1.29 is 13.2 Å². The molecule has 2 fully saturated rings. The Morgan fingerprint density at radius 1 is 0.929 bits per heavy atom. The first-order chi connectivity index (χ1) is 13.5. The number of halogens is 3. The van der Waals surface area contributed by atoms with E-state index in [-0.39, 0.29) is 0 Å². The van der Waals surface area contributed by atoms with Gasteiger partial charge in [0.25, 0.3) is 0 Å². The van der Waals surface area contributed by atoms with Crippen LogP contribution in [0.3, 0.4) is 0 Å². The number of nitrogens with zero attached hydrogens (tertiary/aromatic N) is 1. The third-order valence-corrected chi connectivity index (χ3v) is 6.11. The van der Waals surface area contributed by atoms with E-state index < -0.39 is 11.7 Å². The van der Waals surface area contributed by atoms with Crippen molar-refractivity contribution in [2.24, 2.45) is 5.92 Å². The topological polar surface area (TPSA) is 15.3 Å². The van der Waals surface area contributed by atoms with Crippen molar-refractivity contribution >= 4 is 0 Å².